The molecule has 13 nitrogen and oxygen atoms in total. The summed E-state index contributed by atoms with van der Waals surface area (Å²) in [5.74, 6) is -0.433. The molecule has 426 valence electrons. The van der Waals surface area contributed by atoms with Crippen LogP contribution in [0.2, 0.25) is 0 Å². The van der Waals surface area contributed by atoms with E-state index in [0.717, 1.165) is 57.8 Å². The summed E-state index contributed by atoms with van der Waals surface area (Å²) in [6.45, 7) is 19.8. The average Bonchev–Trinajstić information content (AvgIpc) is 3.35. The molecule has 0 aromatic heterocycles. The minimum absolute atomic E-state index is 0.0439. The lowest BCUT2D eigenvalue weighted by molar-refractivity contribution is -0.255. The molecule has 0 aromatic carbocycles. The summed E-state index contributed by atoms with van der Waals surface area (Å²) in [4.78, 5) is 73.0. The average molecular weight is 1040 g/mol. The summed E-state index contributed by atoms with van der Waals surface area (Å²) in [5, 5.41) is 11.7. The van der Waals surface area contributed by atoms with Crippen LogP contribution in [0.15, 0.2) is 34.6 Å². The molecule has 0 saturated carbocycles. The number of unbranched alkanes of at least 4 members (excludes halogenated alkanes) is 12. The molecular weight excluding hydrogens is 933 g/mol. The number of hydrogen-bond acceptors (Lipinski definition) is 9. The van der Waals surface area contributed by atoms with Gasteiger partial charge in [-0.25, -0.2) is 0 Å². The van der Waals surface area contributed by atoms with Gasteiger partial charge in [-0.1, -0.05) is 121 Å². The Labute approximate surface area is 450 Å². The van der Waals surface area contributed by atoms with Crippen molar-refractivity contribution >= 4 is 29.4 Å². The molecule has 2 aliphatic carbocycles. The first-order chi connectivity index (χ1) is 35.7. The van der Waals surface area contributed by atoms with Crippen molar-refractivity contribution in [2.75, 3.05) is 59.2 Å². The number of ether oxygens (including phenoxy) is 2. The van der Waals surface area contributed by atoms with Crippen LogP contribution in [0.4, 0.5) is 0 Å². The summed E-state index contributed by atoms with van der Waals surface area (Å²) >= 11 is 0. The van der Waals surface area contributed by atoms with E-state index < -0.39 is 0 Å². The maximum absolute atomic E-state index is 13.4. The number of Topliss-reactive ketones (excluding diaryl/α,β-unsaturated/α-hetero) is 1. The van der Waals surface area contributed by atoms with Gasteiger partial charge in [0.1, 0.15) is 18.7 Å². The van der Waals surface area contributed by atoms with Crippen molar-refractivity contribution in [1.29, 1.82) is 0 Å². The minimum atomic E-state index is -0.387. The van der Waals surface area contributed by atoms with Crippen LogP contribution >= 0.6 is 0 Å². The summed E-state index contributed by atoms with van der Waals surface area (Å²) in [5.41, 5.74) is 7.33. The third-order valence-electron chi connectivity index (χ3n) is 15.2. The summed E-state index contributed by atoms with van der Waals surface area (Å²) < 4.78 is 11.0. The molecule has 2 rings (SSSR count). The van der Waals surface area contributed by atoms with Crippen molar-refractivity contribution in [2.24, 2.45) is 16.7 Å². The molecule has 1 atom stereocenters. The van der Waals surface area contributed by atoms with Gasteiger partial charge in [-0.3, -0.25) is 24.0 Å². The van der Waals surface area contributed by atoms with Crippen molar-refractivity contribution in [1.82, 2.24) is 21.3 Å². The third kappa shape index (κ3) is 32.8. The van der Waals surface area contributed by atoms with Gasteiger partial charge < -0.3 is 35.6 Å². The minimum Gasteiger partial charge on any atom is -0.380 e. The van der Waals surface area contributed by atoms with Gasteiger partial charge in [0.15, 0.2) is 0 Å². The van der Waals surface area contributed by atoms with Crippen LogP contribution in [0.1, 0.15) is 248 Å². The quantitative estimate of drug-likeness (QED) is 0.0152. The second-order valence-corrected chi connectivity index (χ2v) is 22.7. The van der Waals surface area contributed by atoms with Crippen molar-refractivity contribution in [3.05, 3.63) is 34.6 Å². The molecule has 0 spiro atoms. The highest BCUT2D eigenvalue weighted by Gasteiger charge is 2.29. The zero-order valence-corrected chi connectivity index (χ0v) is 48.2. The lowest BCUT2D eigenvalue weighted by atomic mass is 9.71. The van der Waals surface area contributed by atoms with E-state index in [1.165, 1.54) is 103 Å². The molecule has 4 amide bonds. The first kappa shape index (κ1) is 66.6. The molecule has 4 N–H and O–H groups in total. The Bertz CT molecular complexity index is 1670. The van der Waals surface area contributed by atoms with Gasteiger partial charge in [0.05, 0.1) is 19.8 Å². The van der Waals surface area contributed by atoms with Crippen LogP contribution in [0.25, 0.3) is 0 Å². The highest BCUT2D eigenvalue weighted by molar-refractivity contribution is 5.86. The molecule has 13 heteroatoms. The Hall–Kier alpha value is -3.55. The van der Waals surface area contributed by atoms with Crippen molar-refractivity contribution in [2.45, 2.75) is 248 Å². The van der Waals surface area contributed by atoms with Crippen LogP contribution < -0.4 is 21.3 Å². The summed E-state index contributed by atoms with van der Waals surface area (Å²) in [6.07, 6.45) is 33.4. The highest BCUT2D eigenvalue weighted by Crippen LogP contribution is 2.43. The molecule has 0 aliphatic heterocycles. The van der Waals surface area contributed by atoms with E-state index in [9.17, 15) is 24.0 Å². The maximum atomic E-state index is 13.4. The normalized spacial score (nSPS) is 15.8. The molecular formula is C61H108N4O9. The van der Waals surface area contributed by atoms with E-state index in [1.807, 2.05) is 0 Å². The first-order valence-corrected chi connectivity index (χ1v) is 29.7. The van der Waals surface area contributed by atoms with Crippen LogP contribution in [0.5, 0.6) is 0 Å². The van der Waals surface area contributed by atoms with E-state index in [4.69, 9.17) is 19.2 Å². The zero-order valence-electron chi connectivity index (χ0n) is 48.2. The van der Waals surface area contributed by atoms with Crippen molar-refractivity contribution in [3.63, 3.8) is 0 Å². The fourth-order valence-corrected chi connectivity index (χ4v) is 10.7. The van der Waals surface area contributed by atoms with E-state index in [2.05, 4.69) is 69.7 Å². The number of amides is 4. The third-order valence-corrected chi connectivity index (χ3v) is 15.2. The Morgan fingerprint density at radius 1 is 0.541 bits per heavy atom. The van der Waals surface area contributed by atoms with Crippen LogP contribution in [-0.2, 0) is 43.2 Å². The standard InChI is InChI=1S/C61H108N4O9/c1-8-9-39-62-57(68)35-45-72-46-36-58(69)64-41-27-44-73-74-48-47-71-43-26-42-65-59(70)52(49-53(66)31-18-14-10-11-15-19-32-54-50(2)28-24-37-60(54,4)5)30-22-23-40-63-56(67)34-21-17-13-12-16-20-33-55-51(3)29-25-38-61(55,6)7/h27,44,52H,8-26,28-43,45-49H2,1-7H3,(H,62,68)(H,63,67)(H,64,69)(H,65,70)/b44-27-. The maximum Gasteiger partial charge on any atom is 0.223 e. The number of carbonyl (C=O) groups is 5. The SMILES string of the molecule is CCCCNC(=O)CCOCCC(=O)NC/C=C\OOCCOCCCNC(=O)C(CCCCNC(=O)CCCCCCCCC1=C(C)CCCC1(C)C)CC(=O)CCCCCCCCC1=C(C)CCCC1(C)C. The predicted molar refractivity (Wildman–Crippen MR) is 300 cm³/mol. The molecule has 0 radical (unpaired) electrons. The molecule has 2 aliphatic rings. The largest absolute Gasteiger partial charge is 0.380 e. The van der Waals surface area contributed by atoms with E-state index in [-0.39, 0.29) is 81.0 Å². The molecule has 1 unspecified atom stereocenters. The van der Waals surface area contributed by atoms with Gasteiger partial charge in [0, 0.05) is 70.8 Å². The topological polar surface area (TPSA) is 170 Å². The van der Waals surface area contributed by atoms with Gasteiger partial charge in [-0.2, -0.15) is 4.89 Å². The zero-order chi connectivity index (χ0) is 54.1. The van der Waals surface area contributed by atoms with Crippen LogP contribution in [0.3, 0.4) is 0 Å². The fraction of sp³-hybridized carbons (Fsp3) is 0.820. The van der Waals surface area contributed by atoms with Gasteiger partial charge in [0.2, 0.25) is 23.6 Å². The van der Waals surface area contributed by atoms with E-state index in [0.29, 0.717) is 69.4 Å². The monoisotopic (exact) mass is 1040 g/mol. The number of nitrogens with one attached hydrogen (secondary N) is 4. The lowest BCUT2D eigenvalue weighted by Gasteiger charge is -2.34. The number of ketones is 1. The Balaban J connectivity index is 1.61. The molecule has 0 heterocycles. The summed E-state index contributed by atoms with van der Waals surface area (Å²) in [6, 6.07) is 0. The second kappa shape index (κ2) is 41.6. The van der Waals surface area contributed by atoms with Crippen LogP contribution in [-0.4, -0.2) is 88.6 Å². The van der Waals surface area contributed by atoms with Gasteiger partial charge in [0.25, 0.3) is 0 Å². The Kier molecular flexibility index (Phi) is 37.4. The van der Waals surface area contributed by atoms with Gasteiger partial charge >= 0.3 is 0 Å². The lowest BCUT2D eigenvalue weighted by Crippen LogP contribution is -2.33. The Morgan fingerprint density at radius 3 is 1.65 bits per heavy atom. The first-order valence-electron chi connectivity index (χ1n) is 29.7. The molecule has 0 saturated heterocycles. The number of rotatable bonds is 46. The van der Waals surface area contributed by atoms with Crippen LogP contribution in [0, 0.1) is 16.7 Å². The predicted octanol–water partition coefficient (Wildman–Crippen LogP) is 13.0. The highest BCUT2D eigenvalue weighted by atomic mass is 17.2. The molecule has 0 fully saturated rings. The van der Waals surface area contributed by atoms with Crippen molar-refractivity contribution < 1.29 is 43.2 Å². The van der Waals surface area contributed by atoms with Gasteiger partial charge in [-0.15, -0.1) is 0 Å². The Morgan fingerprint density at radius 2 is 1.05 bits per heavy atom. The van der Waals surface area contributed by atoms with E-state index >= 15 is 0 Å². The summed E-state index contributed by atoms with van der Waals surface area (Å²) in [7, 11) is 0. The molecule has 0 bridgehead atoms. The molecule has 0 aromatic rings. The second-order valence-electron chi connectivity index (χ2n) is 22.7. The molecule has 74 heavy (non-hydrogen) atoms. The number of hydrogen-bond donors (Lipinski definition) is 4. The smallest absolute Gasteiger partial charge is 0.223 e. The fourth-order valence-electron chi connectivity index (χ4n) is 10.7. The number of carbonyl (C=O) groups excluding carboxylic acids is 5. The van der Waals surface area contributed by atoms with Gasteiger partial charge in [-0.05, 0) is 133 Å². The van der Waals surface area contributed by atoms with Crippen molar-refractivity contribution in [3.8, 4) is 0 Å². The number of allylic oxidation sites excluding steroid dienone is 4. The van der Waals surface area contributed by atoms with E-state index in [1.54, 1.807) is 28.4 Å².